The van der Waals surface area contributed by atoms with Gasteiger partial charge in [0, 0.05) is 6.08 Å². The first kappa shape index (κ1) is 12.4. The molecule has 2 rings (SSSR count). The molecule has 0 aliphatic heterocycles. The average molecular weight is 338 g/mol. The number of aromatic hydroxyl groups is 2. The summed E-state index contributed by atoms with van der Waals surface area (Å²) < 4.78 is -0.0249. The summed E-state index contributed by atoms with van der Waals surface area (Å²) in [7, 11) is 0. The van der Waals surface area contributed by atoms with Crippen molar-refractivity contribution in [3.63, 3.8) is 0 Å². The van der Waals surface area contributed by atoms with Crippen LogP contribution in [0, 0.1) is 0 Å². The third-order valence-corrected chi connectivity index (χ3v) is 3.70. The Morgan fingerprint density at radius 1 is 1.00 bits per heavy atom. The summed E-state index contributed by atoms with van der Waals surface area (Å²) in [6.07, 6.45) is 0.994. The fourth-order valence-corrected chi connectivity index (χ4v) is 2.27. The Morgan fingerprint density at radius 2 is 1.47 bits per heavy atom. The number of hydrogen-bond acceptors (Lipinski definition) is 4. The zero-order valence-corrected chi connectivity index (χ0v) is 11.0. The van der Waals surface area contributed by atoms with Gasteiger partial charge in [-0.1, -0.05) is 23.2 Å². The van der Waals surface area contributed by atoms with Gasteiger partial charge in [0.15, 0.2) is 5.78 Å². The van der Waals surface area contributed by atoms with Crippen LogP contribution in [0.4, 0.5) is 0 Å². The standard InChI is InChI=1S/C10H3BrCl2O4/c11-2-1-3(14)4-5(8(2)15)10(17)7(13)6(12)9(4)16/h1,16-17H. The number of fused-ring (bicyclic) bond motifs is 1. The maximum absolute atomic E-state index is 11.8. The van der Waals surface area contributed by atoms with E-state index in [1.807, 2.05) is 0 Å². The molecule has 1 aliphatic rings. The minimum Gasteiger partial charge on any atom is -0.506 e. The second kappa shape index (κ2) is 4.01. The normalized spacial score (nSPS) is 14.6. The summed E-state index contributed by atoms with van der Waals surface area (Å²) in [5.74, 6) is -2.52. The number of allylic oxidation sites excluding steroid dienone is 2. The maximum atomic E-state index is 11.8. The highest BCUT2D eigenvalue weighted by Crippen LogP contribution is 2.46. The van der Waals surface area contributed by atoms with Gasteiger partial charge in [0.05, 0.1) is 15.6 Å². The molecule has 0 saturated carbocycles. The van der Waals surface area contributed by atoms with E-state index in [-0.39, 0.29) is 25.7 Å². The Morgan fingerprint density at radius 3 is 2.00 bits per heavy atom. The van der Waals surface area contributed by atoms with E-state index in [0.29, 0.717) is 0 Å². The van der Waals surface area contributed by atoms with Gasteiger partial charge in [-0.3, -0.25) is 9.59 Å². The van der Waals surface area contributed by atoms with Crippen molar-refractivity contribution in [2.45, 2.75) is 0 Å². The van der Waals surface area contributed by atoms with Crippen molar-refractivity contribution in [1.29, 1.82) is 0 Å². The van der Waals surface area contributed by atoms with E-state index in [2.05, 4.69) is 15.9 Å². The number of hydrogen-bond donors (Lipinski definition) is 2. The Kier molecular flexibility index (Phi) is 2.93. The third kappa shape index (κ3) is 1.66. The quantitative estimate of drug-likeness (QED) is 0.713. The van der Waals surface area contributed by atoms with Crippen LogP contribution in [0.3, 0.4) is 0 Å². The Labute approximate surface area is 114 Å². The molecule has 1 aromatic carbocycles. The summed E-state index contributed by atoms with van der Waals surface area (Å²) in [5.41, 5.74) is -0.693. The largest absolute Gasteiger partial charge is 0.506 e. The monoisotopic (exact) mass is 336 g/mol. The molecule has 7 heteroatoms. The first-order chi connectivity index (χ1) is 7.86. The molecule has 0 saturated heterocycles. The van der Waals surface area contributed by atoms with Gasteiger partial charge in [-0.2, -0.15) is 0 Å². The van der Waals surface area contributed by atoms with Crippen LogP contribution >= 0.6 is 39.1 Å². The van der Waals surface area contributed by atoms with Gasteiger partial charge >= 0.3 is 0 Å². The molecule has 1 aliphatic carbocycles. The zero-order valence-electron chi connectivity index (χ0n) is 7.92. The molecule has 0 atom stereocenters. The first-order valence-electron chi connectivity index (χ1n) is 4.25. The lowest BCUT2D eigenvalue weighted by atomic mass is 9.93. The summed E-state index contributed by atoms with van der Waals surface area (Å²) in [5, 5.41) is 18.6. The highest BCUT2D eigenvalue weighted by molar-refractivity contribution is 9.12. The van der Waals surface area contributed by atoms with Gasteiger partial charge < -0.3 is 10.2 Å². The van der Waals surface area contributed by atoms with Crippen LogP contribution in [0.5, 0.6) is 11.5 Å². The summed E-state index contributed by atoms with van der Waals surface area (Å²) in [6.45, 7) is 0. The lowest BCUT2D eigenvalue weighted by Crippen LogP contribution is -2.15. The molecule has 0 heterocycles. The fraction of sp³-hybridized carbons (Fsp3) is 0. The summed E-state index contributed by atoms with van der Waals surface area (Å²) >= 11 is 14.2. The molecule has 0 amide bonds. The van der Waals surface area contributed by atoms with E-state index >= 15 is 0 Å². The predicted octanol–water partition coefficient (Wildman–Crippen LogP) is 3.06. The van der Waals surface area contributed by atoms with Crippen LogP contribution in [0.2, 0.25) is 10.0 Å². The van der Waals surface area contributed by atoms with E-state index < -0.39 is 23.1 Å². The minimum atomic E-state index is -0.647. The van der Waals surface area contributed by atoms with Crippen molar-refractivity contribution in [2.75, 3.05) is 0 Å². The molecule has 0 unspecified atom stereocenters. The van der Waals surface area contributed by atoms with Crippen molar-refractivity contribution in [1.82, 2.24) is 0 Å². The minimum absolute atomic E-state index is 0.0249. The number of phenols is 2. The van der Waals surface area contributed by atoms with Crippen LogP contribution < -0.4 is 0 Å². The van der Waals surface area contributed by atoms with Crippen LogP contribution in [0.1, 0.15) is 20.7 Å². The number of ketones is 2. The van der Waals surface area contributed by atoms with Crippen molar-refractivity contribution < 1.29 is 19.8 Å². The molecule has 0 aromatic heterocycles. The molecule has 0 radical (unpaired) electrons. The topological polar surface area (TPSA) is 74.6 Å². The Bertz CT molecular complexity index is 607. The highest BCUT2D eigenvalue weighted by Gasteiger charge is 2.33. The number of benzene rings is 1. The molecular formula is C10H3BrCl2O4. The van der Waals surface area contributed by atoms with Crippen LogP contribution in [0.25, 0.3) is 0 Å². The summed E-state index contributed by atoms with van der Waals surface area (Å²) in [4.78, 5) is 23.4. The van der Waals surface area contributed by atoms with E-state index in [4.69, 9.17) is 23.2 Å². The number of Topliss-reactive ketones (excluding diaryl/α,β-unsaturated/α-hetero) is 1. The van der Waals surface area contributed by atoms with Gasteiger partial charge in [0.1, 0.15) is 21.5 Å². The molecule has 0 bridgehead atoms. The highest BCUT2D eigenvalue weighted by atomic mass is 79.9. The van der Waals surface area contributed by atoms with Crippen molar-refractivity contribution in [3.8, 4) is 11.5 Å². The fourth-order valence-electron chi connectivity index (χ4n) is 1.50. The third-order valence-electron chi connectivity index (χ3n) is 2.28. The smallest absolute Gasteiger partial charge is 0.204 e. The zero-order chi connectivity index (χ0) is 12.9. The van der Waals surface area contributed by atoms with Gasteiger partial charge in [0.2, 0.25) is 5.78 Å². The SMILES string of the molecule is O=C1C=C(Br)C(=O)c2c(O)c(Cl)c(Cl)c(O)c21. The predicted molar refractivity (Wildman–Crippen MR) is 65.5 cm³/mol. The van der Waals surface area contributed by atoms with Crippen LogP contribution in [-0.4, -0.2) is 21.8 Å². The second-order valence-electron chi connectivity index (χ2n) is 3.26. The van der Waals surface area contributed by atoms with E-state index in [1.54, 1.807) is 0 Å². The van der Waals surface area contributed by atoms with E-state index in [1.165, 1.54) is 0 Å². The first-order valence-corrected chi connectivity index (χ1v) is 5.80. The van der Waals surface area contributed by atoms with E-state index in [9.17, 15) is 19.8 Å². The number of carbonyl (C=O) groups is 2. The number of phenolic OH excluding ortho intramolecular Hbond substituents is 2. The molecule has 0 spiro atoms. The van der Waals surface area contributed by atoms with Gasteiger partial charge in [-0.05, 0) is 15.9 Å². The van der Waals surface area contributed by atoms with Crippen molar-refractivity contribution >= 4 is 50.7 Å². The molecule has 0 fully saturated rings. The van der Waals surface area contributed by atoms with Crippen molar-refractivity contribution in [3.05, 3.63) is 31.7 Å². The van der Waals surface area contributed by atoms with E-state index in [0.717, 1.165) is 6.08 Å². The lowest BCUT2D eigenvalue weighted by molar-refractivity contribution is 0.0987. The maximum Gasteiger partial charge on any atom is 0.204 e. The molecule has 88 valence electrons. The molecule has 1 aromatic rings. The second-order valence-corrected chi connectivity index (χ2v) is 4.87. The molecule has 2 N–H and O–H groups in total. The Balaban J connectivity index is 2.93. The Hall–Kier alpha value is -1.04. The van der Waals surface area contributed by atoms with Crippen molar-refractivity contribution in [2.24, 2.45) is 0 Å². The average Bonchev–Trinajstić information content (AvgIpc) is 2.28. The molecule has 4 nitrogen and oxygen atoms in total. The van der Waals surface area contributed by atoms with Gasteiger partial charge in [0.25, 0.3) is 0 Å². The summed E-state index contributed by atoms with van der Waals surface area (Å²) in [6, 6.07) is 0. The van der Waals surface area contributed by atoms with Crippen LogP contribution in [-0.2, 0) is 0 Å². The lowest BCUT2D eigenvalue weighted by Gasteiger charge is -2.16. The number of halogens is 3. The number of rotatable bonds is 0. The molecular weight excluding hydrogens is 335 g/mol. The number of carbonyl (C=O) groups excluding carboxylic acids is 2. The molecule has 17 heavy (non-hydrogen) atoms. The van der Waals surface area contributed by atoms with Crippen LogP contribution in [0.15, 0.2) is 10.6 Å². The van der Waals surface area contributed by atoms with Gasteiger partial charge in [-0.25, -0.2) is 0 Å². The van der Waals surface area contributed by atoms with Gasteiger partial charge in [-0.15, -0.1) is 0 Å².